The molecule has 1 atom stereocenters. The van der Waals surface area contributed by atoms with Crippen molar-refractivity contribution in [2.45, 2.75) is 45.6 Å². The monoisotopic (exact) mass is 292 g/mol. The maximum absolute atomic E-state index is 5.48. The van der Waals surface area contributed by atoms with E-state index in [2.05, 4.69) is 33.0 Å². The van der Waals surface area contributed by atoms with Crippen LogP contribution in [0.5, 0.6) is 0 Å². The maximum atomic E-state index is 5.48. The normalized spacial score (nSPS) is 24.7. The highest BCUT2D eigenvalue weighted by Crippen LogP contribution is 2.22. The molecule has 3 heterocycles. The summed E-state index contributed by atoms with van der Waals surface area (Å²) in [6, 6.07) is 0. The highest BCUT2D eigenvalue weighted by Gasteiger charge is 2.24. The third-order valence-corrected chi connectivity index (χ3v) is 4.79. The van der Waals surface area contributed by atoms with E-state index in [1.165, 1.54) is 38.9 Å². The summed E-state index contributed by atoms with van der Waals surface area (Å²) in [5.41, 5.74) is 1.14. The van der Waals surface area contributed by atoms with Crippen molar-refractivity contribution in [3.8, 4) is 0 Å². The van der Waals surface area contributed by atoms with Crippen LogP contribution in [0.1, 0.15) is 38.3 Å². The molecule has 2 aliphatic rings. The third-order valence-electron chi connectivity index (χ3n) is 4.79. The number of piperidine rings is 1. The van der Waals surface area contributed by atoms with Gasteiger partial charge in [0.1, 0.15) is 0 Å². The molecule has 0 spiro atoms. The minimum Gasteiger partial charge on any atom is -0.381 e. The first-order valence-electron chi connectivity index (χ1n) is 8.52. The Hall–Kier alpha value is -0.940. The van der Waals surface area contributed by atoms with E-state index in [0.29, 0.717) is 0 Å². The molecule has 0 bridgehead atoms. The Morgan fingerprint density at radius 3 is 2.76 bits per heavy atom. The van der Waals surface area contributed by atoms with Crippen molar-refractivity contribution < 1.29 is 4.74 Å². The highest BCUT2D eigenvalue weighted by molar-refractivity contribution is 4.92. The predicted molar refractivity (Wildman–Crippen MR) is 82.1 cm³/mol. The molecule has 2 aliphatic heterocycles. The lowest BCUT2D eigenvalue weighted by atomic mass is 9.96. The summed E-state index contributed by atoms with van der Waals surface area (Å²) in [7, 11) is 0. The average Bonchev–Trinajstić information content (AvgIpc) is 3.14. The Morgan fingerprint density at radius 1 is 1.19 bits per heavy atom. The minimum absolute atomic E-state index is 0.761. The lowest BCUT2D eigenvalue weighted by Gasteiger charge is -2.33. The van der Waals surface area contributed by atoms with Gasteiger partial charge < -0.3 is 9.64 Å². The van der Waals surface area contributed by atoms with E-state index in [1.807, 2.05) is 0 Å². The molecule has 0 amide bonds. The van der Waals surface area contributed by atoms with Gasteiger partial charge in [0.2, 0.25) is 0 Å². The van der Waals surface area contributed by atoms with E-state index in [-0.39, 0.29) is 0 Å². The van der Waals surface area contributed by atoms with Crippen LogP contribution < -0.4 is 0 Å². The van der Waals surface area contributed by atoms with Crippen LogP contribution in [0.2, 0.25) is 0 Å². The summed E-state index contributed by atoms with van der Waals surface area (Å²) < 4.78 is 7.53. The average molecular weight is 292 g/mol. The van der Waals surface area contributed by atoms with Crippen LogP contribution in [-0.4, -0.2) is 52.7 Å². The van der Waals surface area contributed by atoms with E-state index in [0.717, 1.165) is 50.1 Å². The van der Waals surface area contributed by atoms with Crippen LogP contribution in [0.3, 0.4) is 0 Å². The first kappa shape index (κ1) is 15.0. The Kier molecular flexibility index (Phi) is 5.25. The number of rotatable bonds is 6. The predicted octanol–water partition coefficient (Wildman–Crippen LogP) is 1.98. The number of ether oxygens (including phenoxy) is 1. The lowest BCUT2D eigenvalue weighted by Crippen LogP contribution is -2.38. The van der Waals surface area contributed by atoms with Gasteiger partial charge in [0.05, 0.1) is 12.3 Å². The molecule has 5 heteroatoms. The van der Waals surface area contributed by atoms with Crippen molar-refractivity contribution in [2.75, 3.05) is 32.8 Å². The smallest absolute Gasteiger partial charge is 0.0827 e. The molecular formula is C16H28N4O. The standard InChI is InChI=1S/C16H28N4O/c1-2-3-16-12-20(18-17-16)11-14-4-7-19(8-5-14)10-15-6-9-21-13-15/h12,14-15H,2-11,13H2,1H3/t15-/m1/s1. The van der Waals surface area contributed by atoms with Crippen molar-refractivity contribution >= 4 is 0 Å². The first-order chi connectivity index (χ1) is 10.3. The van der Waals surface area contributed by atoms with Crippen molar-refractivity contribution in [2.24, 2.45) is 11.8 Å². The molecule has 1 aromatic heterocycles. The number of likely N-dealkylation sites (tertiary alicyclic amines) is 1. The molecule has 0 saturated carbocycles. The van der Waals surface area contributed by atoms with Crippen LogP contribution in [0.15, 0.2) is 6.20 Å². The zero-order valence-electron chi connectivity index (χ0n) is 13.2. The maximum Gasteiger partial charge on any atom is 0.0827 e. The second-order valence-electron chi connectivity index (χ2n) is 6.66. The molecule has 3 rings (SSSR count). The van der Waals surface area contributed by atoms with Crippen LogP contribution in [0, 0.1) is 11.8 Å². The van der Waals surface area contributed by atoms with Crippen molar-refractivity contribution in [1.29, 1.82) is 0 Å². The van der Waals surface area contributed by atoms with E-state index in [1.54, 1.807) is 0 Å². The van der Waals surface area contributed by atoms with E-state index < -0.39 is 0 Å². The molecule has 0 N–H and O–H groups in total. The summed E-state index contributed by atoms with van der Waals surface area (Å²) in [6.07, 6.45) is 8.14. The molecule has 0 unspecified atom stereocenters. The third kappa shape index (κ3) is 4.27. The molecule has 2 fully saturated rings. The van der Waals surface area contributed by atoms with Crippen molar-refractivity contribution in [3.63, 3.8) is 0 Å². The van der Waals surface area contributed by atoms with Gasteiger partial charge in [0.15, 0.2) is 0 Å². The molecule has 2 saturated heterocycles. The van der Waals surface area contributed by atoms with Gasteiger partial charge in [-0.05, 0) is 50.6 Å². The van der Waals surface area contributed by atoms with Gasteiger partial charge in [0.25, 0.3) is 0 Å². The van der Waals surface area contributed by atoms with Crippen molar-refractivity contribution in [3.05, 3.63) is 11.9 Å². The molecular weight excluding hydrogens is 264 g/mol. The van der Waals surface area contributed by atoms with Gasteiger partial charge in [-0.2, -0.15) is 0 Å². The Balaban J connectivity index is 1.40. The molecule has 0 aliphatic carbocycles. The SMILES string of the molecule is CCCc1cn(CC2CCN(C[C@H]3CCOC3)CC2)nn1. The molecule has 118 valence electrons. The minimum atomic E-state index is 0.761. The van der Waals surface area contributed by atoms with Crippen LogP contribution in [0.4, 0.5) is 0 Å². The summed E-state index contributed by atoms with van der Waals surface area (Å²) in [5.74, 6) is 1.53. The fourth-order valence-corrected chi connectivity index (χ4v) is 3.51. The van der Waals surface area contributed by atoms with Gasteiger partial charge >= 0.3 is 0 Å². The van der Waals surface area contributed by atoms with Crippen molar-refractivity contribution in [1.82, 2.24) is 19.9 Å². The van der Waals surface area contributed by atoms with Crippen LogP contribution in [0.25, 0.3) is 0 Å². The van der Waals surface area contributed by atoms with Gasteiger partial charge in [-0.1, -0.05) is 18.6 Å². The zero-order chi connectivity index (χ0) is 14.5. The fraction of sp³-hybridized carbons (Fsp3) is 0.875. The fourth-order valence-electron chi connectivity index (χ4n) is 3.51. The van der Waals surface area contributed by atoms with Gasteiger partial charge in [0, 0.05) is 25.9 Å². The first-order valence-corrected chi connectivity index (χ1v) is 8.52. The van der Waals surface area contributed by atoms with E-state index >= 15 is 0 Å². The molecule has 0 aromatic carbocycles. The van der Waals surface area contributed by atoms with E-state index in [9.17, 15) is 0 Å². The summed E-state index contributed by atoms with van der Waals surface area (Å²) >= 11 is 0. The molecule has 5 nitrogen and oxygen atoms in total. The summed E-state index contributed by atoms with van der Waals surface area (Å²) in [4.78, 5) is 2.62. The largest absolute Gasteiger partial charge is 0.381 e. The quantitative estimate of drug-likeness (QED) is 0.804. The van der Waals surface area contributed by atoms with Crippen LogP contribution >= 0.6 is 0 Å². The van der Waals surface area contributed by atoms with Gasteiger partial charge in [-0.25, -0.2) is 0 Å². The Morgan fingerprint density at radius 2 is 2.05 bits per heavy atom. The topological polar surface area (TPSA) is 43.2 Å². The number of aryl methyl sites for hydroxylation is 1. The summed E-state index contributed by atoms with van der Waals surface area (Å²) in [5, 5.41) is 8.51. The highest BCUT2D eigenvalue weighted by atomic mass is 16.5. The second kappa shape index (κ2) is 7.36. The number of nitrogens with zero attached hydrogens (tertiary/aromatic N) is 4. The van der Waals surface area contributed by atoms with E-state index in [4.69, 9.17) is 4.74 Å². The second-order valence-corrected chi connectivity index (χ2v) is 6.66. The van der Waals surface area contributed by atoms with Crippen LogP contribution in [-0.2, 0) is 17.7 Å². The Bertz CT molecular complexity index is 420. The summed E-state index contributed by atoms with van der Waals surface area (Å²) in [6.45, 7) is 8.86. The lowest BCUT2D eigenvalue weighted by molar-refractivity contribution is 0.134. The number of hydrogen-bond acceptors (Lipinski definition) is 4. The Labute approximate surface area is 127 Å². The number of aromatic nitrogens is 3. The zero-order valence-corrected chi connectivity index (χ0v) is 13.2. The van der Waals surface area contributed by atoms with Gasteiger partial charge in [-0.3, -0.25) is 4.68 Å². The van der Waals surface area contributed by atoms with Gasteiger partial charge in [-0.15, -0.1) is 5.10 Å². The number of hydrogen-bond donors (Lipinski definition) is 0. The molecule has 21 heavy (non-hydrogen) atoms. The molecule has 1 aromatic rings. The molecule has 0 radical (unpaired) electrons.